The Kier molecular flexibility index (Phi) is 21.3. The molecule has 65 heavy (non-hydrogen) atoms. The Hall–Kier alpha value is -2.34. The summed E-state index contributed by atoms with van der Waals surface area (Å²) in [4.78, 5) is 39.7. The molecule has 4 aliphatic heterocycles. The maximum absolute atomic E-state index is 12.9. The summed E-state index contributed by atoms with van der Waals surface area (Å²) in [7, 11) is 0. The van der Waals surface area contributed by atoms with Gasteiger partial charge in [-0.25, -0.2) is 9.59 Å². The third-order valence-corrected chi connectivity index (χ3v) is 10.4. The van der Waals surface area contributed by atoms with Gasteiger partial charge >= 0.3 is 47.6 Å². The van der Waals surface area contributed by atoms with E-state index >= 15 is 0 Å². The number of nitrogens with one attached hydrogen (secondary N) is 1. The van der Waals surface area contributed by atoms with Crippen molar-refractivity contribution in [3.05, 3.63) is 12.7 Å². The van der Waals surface area contributed by atoms with Crippen molar-refractivity contribution in [1.82, 2.24) is 5.32 Å². The van der Waals surface area contributed by atoms with Gasteiger partial charge in [0.25, 0.3) is 0 Å². The van der Waals surface area contributed by atoms with Gasteiger partial charge in [-0.15, -0.1) is 0 Å². The zero-order chi connectivity index (χ0) is 48.0. The van der Waals surface area contributed by atoms with Crippen molar-refractivity contribution in [3.8, 4) is 0 Å². The van der Waals surface area contributed by atoms with Gasteiger partial charge in [-0.1, -0.05) is 12.7 Å². The summed E-state index contributed by atoms with van der Waals surface area (Å²) < 4.78 is 48.2. The minimum atomic E-state index is -3.30. The van der Waals surface area contributed by atoms with E-state index in [1.165, 1.54) is 6.08 Å². The van der Waals surface area contributed by atoms with Crippen LogP contribution in [-0.4, -0.2) is 258 Å². The first kappa shape index (κ1) is 57.0. The molecule has 14 N–H and O–H groups in total. The van der Waals surface area contributed by atoms with E-state index in [0.29, 0.717) is 0 Å². The molecule has 0 saturated carbocycles. The van der Waals surface area contributed by atoms with Gasteiger partial charge in [-0.3, -0.25) is 9.79 Å². The van der Waals surface area contributed by atoms with Crippen LogP contribution in [0.5, 0.6) is 0 Å². The molecular formula is C36H57N2NaO26. The number of aliphatic imine (C=N–C) groups is 1. The second kappa shape index (κ2) is 24.3. The van der Waals surface area contributed by atoms with Crippen LogP contribution in [0.4, 0.5) is 4.79 Å². The number of carboxylic acid groups (broad SMARTS) is 1. The average Bonchev–Trinajstić information content (AvgIpc) is 3.23. The van der Waals surface area contributed by atoms with E-state index in [2.05, 4.69) is 16.9 Å². The molecule has 20 atom stereocenters. The number of hydrogen-bond acceptors (Lipinski definition) is 26. The normalized spacial score (nSPS) is 40.8. The first-order valence-corrected chi connectivity index (χ1v) is 19.7. The smallest absolute Gasteiger partial charge is 0.860 e. The number of hydrogen-bond donors (Lipinski definition) is 14. The predicted molar refractivity (Wildman–Crippen MR) is 199 cm³/mol. The number of aliphatic hydroxyl groups is 12. The summed E-state index contributed by atoms with van der Waals surface area (Å²) in [6.45, 7) is 3.49. The number of carboxylic acids is 1. The van der Waals surface area contributed by atoms with Crippen LogP contribution in [0.3, 0.4) is 0 Å². The van der Waals surface area contributed by atoms with Gasteiger partial charge in [0.15, 0.2) is 30.6 Å². The second-order valence-corrected chi connectivity index (χ2v) is 16.1. The van der Waals surface area contributed by atoms with Crippen LogP contribution in [0, 0.1) is 0 Å². The fourth-order valence-electron chi connectivity index (χ4n) is 7.02. The zero-order valence-corrected chi connectivity index (χ0v) is 37.6. The molecule has 1 amide bonds. The minimum absolute atomic E-state index is 0. The van der Waals surface area contributed by atoms with E-state index in [1.54, 1.807) is 20.8 Å². The Labute approximate surface area is 391 Å². The summed E-state index contributed by atoms with van der Waals surface area (Å²) in [5.41, 5.74) is -4.31. The van der Waals surface area contributed by atoms with Crippen LogP contribution in [0.25, 0.3) is 0 Å². The molecule has 0 radical (unpaired) electrons. The van der Waals surface area contributed by atoms with Gasteiger partial charge < -0.3 is 119 Å². The molecule has 0 aromatic carbocycles. The van der Waals surface area contributed by atoms with Crippen LogP contribution in [0.1, 0.15) is 20.8 Å². The fraction of sp³-hybridized carbons (Fsp3) is 0.833. The van der Waals surface area contributed by atoms with Crippen molar-refractivity contribution < 1.29 is 158 Å². The molecule has 0 aromatic heterocycles. The molecule has 4 fully saturated rings. The molecule has 4 heterocycles. The summed E-state index contributed by atoms with van der Waals surface area (Å²) in [5, 5.41) is 154. The molecule has 0 aliphatic carbocycles. The number of carbonyl (C=O) groups is 3. The van der Waals surface area contributed by atoms with Crippen molar-refractivity contribution in [3.63, 3.8) is 0 Å². The molecule has 29 heteroatoms. The molecule has 368 valence electrons. The third-order valence-electron chi connectivity index (χ3n) is 10.4. The topological polar surface area (TPSA) is 445 Å². The molecule has 0 spiro atoms. The van der Waals surface area contributed by atoms with Crippen molar-refractivity contribution >= 4 is 23.9 Å². The van der Waals surface area contributed by atoms with Crippen LogP contribution in [-0.2, 0) is 52.2 Å². The number of alkyl carbamates (subject to hydrolysis) is 1. The van der Waals surface area contributed by atoms with Crippen molar-refractivity contribution in [2.24, 2.45) is 4.99 Å². The van der Waals surface area contributed by atoms with Crippen LogP contribution >= 0.6 is 0 Å². The maximum atomic E-state index is 12.9. The number of amides is 1. The number of ether oxygens (including phenoxy) is 9. The Balaban J connectivity index is 0.0000112. The quantitative estimate of drug-likeness (QED) is 0.0212. The Morgan fingerprint density at radius 1 is 0.846 bits per heavy atom. The van der Waals surface area contributed by atoms with E-state index in [1.807, 2.05) is 0 Å². The SMILES string of the molecule is C=CCOC(=O)CN=C([O-])[C@H](CO[C@@H]1OC[C@@H](O[C@@H]2O[C@H](CO)[C@H](O)[C@H](O[C@@H]3O[C@H](CO)[C@H](O)[C@@](O)([C@@H]4O[C@H](C(=O)O)[C@@H](O)[C@H](O)[C@H]4O)[C@H]3O)[C@H]2O)[C@H](O)[C@H]1O)NC(=O)OC(C)(C)C.[Na+]. The predicted octanol–water partition coefficient (Wildman–Crippen LogP) is -12.2. The van der Waals surface area contributed by atoms with Gasteiger partial charge in [0.1, 0.15) is 104 Å². The molecule has 0 aromatic rings. The van der Waals surface area contributed by atoms with Gasteiger partial charge in [0.05, 0.1) is 32.5 Å². The number of carbonyl (C=O) groups excluding carboxylic acids is 2. The Morgan fingerprint density at radius 2 is 1.48 bits per heavy atom. The zero-order valence-electron chi connectivity index (χ0n) is 35.6. The summed E-state index contributed by atoms with van der Waals surface area (Å²) in [6, 6.07) is -1.63. The largest absolute Gasteiger partial charge is 1.00 e. The molecule has 0 bridgehead atoms. The van der Waals surface area contributed by atoms with Gasteiger partial charge in [-0.05, 0) is 26.7 Å². The second-order valence-electron chi connectivity index (χ2n) is 16.1. The van der Waals surface area contributed by atoms with E-state index in [4.69, 9.17) is 42.6 Å². The van der Waals surface area contributed by atoms with Crippen molar-refractivity contribution in [2.45, 2.75) is 148 Å². The third kappa shape index (κ3) is 13.5. The van der Waals surface area contributed by atoms with Gasteiger partial charge in [0.2, 0.25) is 0 Å². The number of nitrogens with zero attached hydrogens (tertiary/aromatic N) is 1. The monoisotopic (exact) mass is 956 g/mol. The Morgan fingerprint density at radius 3 is 2.06 bits per heavy atom. The molecule has 4 rings (SSSR count). The standard InChI is InChI=1S/C36H58N2O26.Na/c1-5-6-56-16(41)7-37-29(51)12(38-34(54)64-35(2,3)4)10-57-31-22(47)17(42)15(11-58-31)61-32-23(48)24(18(43)13(8-39)59-32)63-33-27(50)36(55,26(49)14(9-40)60-33)28-21(46)19(44)20(45)25(62-28)30(52)53;/h5,12-15,17-28,31-33,39-40,42-50,55H,1,6-11H2,2-4H3,(H,37,51)(H,38,54)(H,52,53);/q;+1/p-1/t12-,13+,14+,15+,17-,18-,19-,20-,21+,22+,23+,24-,25-,26-,27-,28+,31+,32-,33-,36-;/m0./s1. The summed E-state index contributed by atoms with van der Waals surface area (Å²) in [6.07, 6.45) is -38.3. The number of esters is 1. The maximum Gasteiger partial charge on any atom is 1.00 e. The molecule has 4 saturated heterocycles. The fourth-order valence-corrected chi connectivity index (χ4v) is 7.02. The first-order chi connectivity index (χ1) is 29.9. The summed E-state index contributed by atoms with van der Waals surface area (Å²) >= 11 is 0. The van der Waals surface area contributed by atoms with E-state index < -0.39 is 185 Å². The molecule has 4 aliphatic rings. The van der Waals surface area contributed by atoms with E-state index in [9.17, 15) is 85.9 Å². The molecular weight excluding hydrogens is 899 g/mol. The van der Waals surface area contributed by atoms with Crippen LogP contribution < -0.4 is 40.0 Å². The number of aliphatic carboxylic acids is 1. The van der Waals surface area contributed by atoms with Gasteiger partial charge in [0, 0.05) is 0 Å². The van der Waals surface area contributed by atoms with E-state index in [-0.39, 0.29) is 36.2 Å². The van der Waals surface area contributed by atoms with Crippen molar-refractivity contribution in [2.75, 3.05) is 39.6 Å². The van der Waals surface area contributed by atoms with Crippen molar-refractivity contribution in [1.29, 1.82) is 0 Å². The number of aliphatic hydroxyl groups excluding tert-OH is 11. The van der Waals surface area contributed by atoms with E-state index in [0.717, 1.165) is 0 Å². The molecule has 28 nitrogen and oxygen atoms in total. The first-order valence-electron chi connectivity index (χ1n) is 19.7. The molecule has 0 unspecified atom stereocenters. The van der Waals surface area contributed by atoms with Gasteiger partial charge in [-0.2, -0.15) is 0 Å². The van der Waals surface area contributed by atoms with Crippen LogP contribution in [0.2, 0.25) is 0 Å². The summed E-state index contributed by atoms with van der Waals surface area (Å²) in [5.74, 6) is -3.88. The average molecular weight is 957 g/mol. The van der Waals surface area contributed by atoms with Crippen LogP contribution in [0.15, 0.2) is 17.6 Å². The Bertz CT molecular complexity index is 1610. The minimum Gasteiger partial charge on any atom is -0.860 e. The number of rotatable bonds is 17.